The van der Waals surface area contributed by atoms with Crippen molar-refractivity contribution in [2.45, 2.75) is 65.2 Å². The number of unbranched alkanes of at least 4 members (excludes halogenated alkanes) is 2. The van der Waals surface area contributed by atoms with Crippen LogP contribution in [0.2, 0.25) is 0 Å². The second kappa shape index (κ2) is 16.7. The number of aliphatic hydroxyl groups is 1. The molecule has 236 valence electrons. The van der Waals surface area contributed by atoms with Gasteiger partial charge in [-0.15, -0.1) is 0 Å². The van der Waals surface area contributed by atoms with Crippen LogP contribution in [0, 0.1) is 5.92 Å². The summed E-state index contributed by atoms with van der Waals surface area (Å²) in [7, 11) is 0. The van der Waals surface area contributed by atoms with Crippen LogP contribution in [0.15, 0.2) is 103 Å². The maximum atomic E-state index is 12.0. The molecule has 1 aliphatic carbocycles. The minimum atomic E-state index is -0.594. The quantitative estimate of drug-likeness (QED) is 0.100. The Balaban J connectivity index is 1.42. The normalized spacial score (nSPS) is 13.5. The molecule has 1 N–H and O–H groups in total. The van der Waals surface area contributed by atoms with Crippen molar-refractivity contribution >= 4 is 28.3 Å². The minimum Gasteiger partial charge on any atom is -0.462 e. The van der Waals surface area contributed by atoms with E-state index in [0.717, 1.165) is 19.3 Å². The van der Waals surface area contributed by atoms with Crippen LogP contribution >= 0.6 is 0 Å². The molecule has 3 aromatic carbocycles. The molecule has 5 nitrogen and oxygen atoms in total. The SMILES string of the molecule is C=C(C)C(=O)OCCC(CCOC(=O)C(=C)CO)C1=CC=C(c2ccc(-c3ccc4cc(CCCCC)ccc4c3)cc2)CC1. The highest BCUT2D eigenvalue weighted by Crippen LogP contribution is 2.34. The first-order valence-electron chi connectivity index (χ1n) is 16.1. The molecule has 0 aromatic heterocycles. The van der Waals surface area contributed by atoms with E-state index in [9.17, 15) is 9.59 Å². The first kappa shape index (κ1) is 33.7. The maximum absolute atomic E-state index is 12.0. The van der Waals surface area contributed by atoms with Crippen LogP contribution < -0.4 is 0 Å². The molecule has 4 rings (SSSR count). The van der Waals surface area contributed by atoms with E-state index in [2.05, 4.69) is 92.9 Å². The fourth-order valence-electron chi connectivity index (χ4n) is 5.71. The summed E-state index contributed by atoms with van der Waals surface area (Å²) >= 11 is 0. The van der Waals surface area contributed by atoms with Gasteiger partial charge in [0.15, 0.2) is 0 Å². The second-order valence-electron chi connectivity index (χ2n) is 12.0. The number of aryl methyl sites for hydroxylation is 1. The number of rotatable bonds is 16. The van der Waals surface area contributed by atoms with Crippen molar-refractivity contribution in [1.29, 1.82) is 0 Å². The fourth-order valence-corrected chi connectivity index (χ4v) is 5.71. The molecule has 0 spiro atoms. The number of esters is 2. The minimum absolute atomic E-state index is 0.0322. The Hall–Kier alpha value is -4.22. The summed E-state index contributed by atoms with van der Waals surface area (Å²) in [5.74, 6) is -0.916. The highest BCUT2D eigenvalue weighted by molar-refractivity contribution is 5.89. The number of carbonyl (C=O) groups excluding carboxylic acids is 2. The van der Waals surface area contributed by atoms with E-state index in [0.29, 0.717) is 18.4 Å². The van der Waals surface area contributed by atoms with Crippen LogP contribution in [-0.2, 0) is 25.5 Å². The zero-order valence-electron chi connectivity index (χ0n) is 26.8. The molecule has 0 saturated heterocycles. The number of aliphatic hydroxyl groups excluding tert-OH is 1. The van der Waals surface area contributed by atoms with Gasteiger partial charge in [0, 0.05) is 5.57 Å². The number of hydrogen-bond acceptors (Lipinski definition) is 5. The summed E-state index contributed by atoms with van der Waals surface area (Å²) in [5.41, 5.74) is 7.94. The van der Waals surface area contributed by atoms with Gasteiger partial charge in [0.2, 0.25) is 0 Å². The summed E-state index contributed by atoms with van der Waals surface area (Å²) in [6.07, 6.45) is 12.2. The number of carbonyl (C=O) groups is 2. The average molecular weight is 607 g/mol. The Morgan fingerprint density at radius 2 is 1.44 bits per heavy atom. The molecule has 0 amide bonds. The van der Waals surface area contributed by atoms with Crippen LogP contribution in [0.4, 0.5) is 0 Å². The molecule has 5 heteroatoms. The zero-order chi connectivity index (χ0) is 32.2. The van der Waals surface area contributed by atoms with Gasteiger partial charge in [0.25, 0.3) is 0 Å². The zero-order valence-corrected chi connectivity index (χ0v) is 26.8. The lowest BCUT2D eigenvalue weighted by Gasteiger charge is -2.24. The molecule has 1 aliphatic rings. The highest BCUT2D eigenvalue weighted by Gasteiger charge is 2.20. The fraction of sp³-hybridized carbons (Fsp3) is 0.350. The van der Waals surface area contributed by atoms with Crippen molar-refractivity contribution < 1.29 is 24.2 Å². The van der Waals surface area contributed by atoms with Gasteiger partial charge in [-0.2, -0.15) is 0 Å². The number of benzene rings is 3. The third-order valence-corrected chi connectivity index (χ3v) is 8.50. The van der Waals surface area contributed by atoms with Gasteiger partial charge in [-0.05, 0) is 96.0 Å². The molecule has 1 atom stereocenters. The van der Waals surface area contributed by atoms with Crippen molar-refractivity contribution in [2.75, 3.05) is 19.8 Å². The van der Waals surface area contributed by atoms with Gasteiger partial charge in [0.05, 0.1) is 25.4 Å². The van der Waals surface area contributed by atoms with Crippen LogP contribution in [-0.4, -0.2) is 36.9 Å². The Morgan fingerprint density at radius 1 is 0.800 bits per heavy atom. The summed E-state index contributed by atoms with van der Waals surface area (Å²) in [6.45, 7) is 11.1. The predicted molar refractivity (Wildman–Crippen MR) is 184 cm³/mol. The second-order valence-corrected chi connectivity index (χ2v) is 12.0. The average Bonchev–Trinajstić information content (AvgIpc) is 3.07. The van der Waals surface area contributed by atoms with E-state index in [1.807, 2.05) is 0 Å². The summed E-state index contributed by atoms with van der Waals surface area (Å²) < 4.78 is 10.7. The van der Waals surface area contributed by atoms with E-state index in [1.165, 1.54) is 63.4 Å². The lowest BCUT2D eigenvalue weighted by molar-refractivity contribution is -0.139. The molecule has 0 bridgehead atoms. The number of fused-ring (bicyclic) bond motifs is 1. The lowest BCUT2D eigenvalue weighted by atomic mass is 9.84. The van der Waals surface area contributed by atoms with Crippen molar-refractivity contribution in [3.63, 3.8) is 0 Å². The summed E-state index contributed by atoms with van der Waals surface area (Å²) in [5, 5.41) is 11.7. The van der Waals surface area contributed by atoms with Gasteiger partial charge in [-0.25, -0.2) is 9.59 Å². The molecule has 3 aromatic rings. The maximum Gasteiger partial charge on any atom is 0.335 e. The molecule has 0 heterocycles. The van der Waals surface area contributed by atoms with Crippen molar-refractivity contribution in [3.8, 4) is 11.1 Å². The Kier molecular flexibility index (Phi) is 12.5. The standard InChI is InChI=1S/C40H46O5/c1-5-6-7-8-30-9-10-38-26-37(20-19-36(38)25-30)34-17-15-32(16-18-34)31-11-13-33(14-12-31)35(21-23-44-39(42)28(2)3)22-24-45-40(43)29(4)27-41/h9-11,13,15-20,25-26,35,41H,2,4-8,12,14,21-24,27H2,1,3H3. The third kappa shape index (κ3) is 9.63. The van der Waals surface area contributed by atoms with E-state index in [4.69, 9.17) is 14.6 Å². The Labute approximate surface area is 268 Å². The van der Waals surface area contributed by atoms with Crippen LogP contribution in [0.25, 0.3) is 27.5 Å². The molecule has 45 heavy (non-hydrogen) atoms. The number of ether oxygens (including phenoxy) is 2. The monoisotopic (exact) mass is 606 g/mol. The molecule has 0 saturated carbocycles. The van der Waals surface area contributed by atoms with E-state index in [1.54, 1.807) is 6.92 Å². The molecular formula is C40H46O5. The molecular weight excluding hydrogens is 560 g/mol. The topological polar surface area (TPSA) is 72.8 Å². The van der Waals surface area contributed by atoms with Gasteiger partial charge in [-0.3, -0.25) is 0 Å². The smallest absolute Gasteiger partial charge is 0.335 e. The van der Waals surface area contributed by atoms with Crippen LogP contribution in [0.1, 0.15) is 69.9 Å². The molecule has 0 fully saturated rings. The van der Waals surface area contributed by atoms with E-state index >= 15 is 0 Å². The largest absolute Gasteiger partial charge is 0.462 e. The predicted octanol–water partition coefficient (Wildman–Crippen LogP) is 8.95. The van der Waals surface area contributed by atoms with Crippen molar-refractivity contribution in [1.82, 2.24) is 0 Å². The number of hydrogen-bond donors (Lipinski definition) is 1. The van der Waals surface area contributed by atoms with Gasteiger partial charge >= 0.3 is 11.9 Å². The van der Waals surface area contributed by atoms with Crippen molar-refractivity contribution in [2.24, 2.45) is 5.92 Å². The third-order valence-electron chi connectivity index (χ3n) is 8.50. The lowest BCUT2D eigenvalue weighted by Crippen LogP contribution is -2.17. The van der Waals surface area contributed by atoms with E-state index in [-0.39, 0.29) is 24.7 Å². The highest BCUT2D eigenvalue weighted by atomic mass is 16.5. The van der Waals surface area contributed by atoms with Crippen LogP contribution in [0.3, 0.4) is 0 Å². The van der Waals surface area contributed by atoms with E-state index < -0.39 is 18.5 Å². The Bertz CT molecular complexity index is 1570. The summed E-state index contributed by atoms with van der Waals surface area (Å²) in [4.78, 5) is 23.8. The first-order valence-corrected chi connectivity index (χ1v) is 16.1. The van der Waals surface area contributed by atoms with Crippen molar-refractivity contribution in [3.05, 3.63) is 114 Å². The molecule has 0 aliphatic heterocycles. The van der Waals surface area contributed by atoms with Crippen LogP contribution in [0.5, 0.6) is 0 Å². The van der Waals surface area contributed by atoms with Gasteiger partial charge < -0.3 is 14.6 Å². The summed E-state index contributed by atoms with van der Waals surface area (Å²) in [6, 6.07) is 22.4. The van der Waals surface area contributed by atoms with Gasteiger partial charge in [0.1, 0.15) is 0 Å². The molecule has 0 radical (unpaired) electrons. The van der Waals surface area contributed by atoms with Gasteiger partial charge in [-0.1, -0.05) is 105 Å². The number of allylic oxidation sites excluding steroid dienone is 4. The molecule has 1 unspecified atom stereocenters. The Morgan fingerprint density at radius 3 is 2.09 bits per heavy atom. The first-order chi connectivity index (χ1) is 21.8.